The lowest BCUT2D eigenvalue weighted by Gasteiger charge is -2.15. The van der Waals surface area contributed by atoms with Gasteiger partial charge in [0, 0.05) is 23.2 Å². The van der Waals surface area contributed by atoms with E-state index in [2.05, 4.69) is 21.2 Å². The second-order valence-electron chi connectivity index (χ2n) is 3.78. The van der Waals surface area contributed by atoms with Crippen molar-refractivity contribution >= 4 is 15.9 Å². The van der Waals surface area contributed by atoms with Gasteiger partial charge in [-0.15, -0.1) is 0 Å². The number of methoxy groups -OCH3 is 1. The minimum absolute atomic E-state index is 0.202. The van der Waals surface area contributed by atoms with Crippen LogP contribution >= 0.6 is 15.9 Å². The molecule has 0 atom stereocenters. The highest BCUT2D eigenvalue weighted by Gasteiger charge is 2.11. The second-order valence-corrected chi connectivity index (χ2v) is 4.70. The monoisotopic (exact) mass is 317 g/mol. The number of hydrogen-bond acceptors (Lipinski definition) is 4. The highest BCUT2D eigenvalue weighted by Crippen LogP contribution is 2.34. The van der Waals surface area contributed by atoms with Gasteiger partial charge in [-0.05, 0) is 32.0 Å². The van der Waals surface area contributed by atoms with E-state index >= 15 is 0 Å². The summed E-state index contributed by atoms with van der Waals surface area (Å²) in [4.78, 5) is 0. The van der Waals surface area contributed by atoms with Crippen LogP contribution in [-0.2, 0) is 6.54 Å². The maximum atomic E-state index is 8.74. The first-order valence-corrected chi connectivity index (χ1v) is 6.83. The van der Waals surface area contributed by atoms with Crippen molar-refractivity contribution in [3.8, 4) is 11.5 Å². The quantitative estimate of drug-likeness (QED) is 0.723. The molecule has 0 radical (unpaired) electrons. The Morgan fingerprint density at radius 2 is 2.17 bits per heavy atom. The molecule has 0 saturated carbocycles. The molecule has 0 saturated heterocycles. The van der Waals surface area contributed by atoms with Gasteiger partial charge < -0.3 is 19.9 Å². The molecule has 2 N–H and O–H groups in total. The third kappa shape index (κ3) is 4.48. The SMILES string of the molecule is CCOc1c(CNCCCO)cc(Br)cc1OC. The predicted molar refractivity (Wildman–Crippen MR) is 75.3 cm³/mol. The standard InChI is InChI=1S/C13H20BrNO3/c1-3-18-13-10(9-15-5-4-6-16)7-11(14)8-12(13)17-2/h7-8,15-16H,3-6,9H2,1-2H3. The number of aliphatic hydroxyl groups excluding tert-OH is 1. The molecule has 0 heterocycles. The van der Waals surface area contributed by atoms with E-state index in [-0.39, 0.29) is 6.61 Å². The number of rotatable bonds is 8. The molecule has 0 aliphatic rings. The smallest absolute Gasteiger partial charge is 0.165 e. The number of nitrogens with one attached hydrogen (secondary N) is 1. The molecule has 0 spiro atoms. The van der Waals surface area contributed by atoms with Gasteiger partial charge >= 0.3 is 0 Å². The minimum Gasteiger partial charge on any atom is -0.493 e. The Bertz CT molecular complexity index is 371. The Balaban J connectivity index is 2.82. The van der Waals surface area contributed by atoms with Gasteiger partial charge in [0.05, 0.1) is 13.7 Å². The molecule has 5 heteroatoms. The van der Waals surface area contributed by atoms with Crippen molar-refractivity contribution in [1.82, 2.24) is 5.32 Å². The first-order valence-electron chi connectivity index (χ1n) is 6.03. The van der Waals surface area contributed by atoms with E-state index in [0.29, 0.717) is 13.2 Å². The average molecular weight is 318 g/mol. The van der Waals surface area contributed by atoms with Crippen molar-refractivity contribution in [2.24, 2.45) is 0 Å². The predicted octanol–water partition coefficient (Wildman–Crippen LogP) is 2.33. The summed E-state index contributed by atoms with van der Waals surface area (Å²) >= 11 is 3.46. The topological polar surface area (TPSA) is 50.7 Å². The van der Waals surface area contributed by atoms with E-state index < -0.39 is 0 Å². The highest BCUT2D eigenvalue weighted by atomic mass is 79.9. The fraction of sp³-hybridized carbons (Fsp3) is 0.538. The zero-order valence-electron chi connectivity index (χ0n) is 10.8. The summed E-state index contributed by atoms with van der Waals surface area (Å²) in [7, 11) is 1.63. The van der Waals surface area contributed by atoms with Gasteiger partial charge in [0.1, 0.15) is 0 Å². The van der Waals surface area contributed by atoms with Crippen LogP contribution in [0.4, 0.5) is 0 Å². The van der Waals surface area contributed by atoms with E-state index in [1.807, 2.05) is 19.1 Å². The lowest BCUT2D eigenvalue weighted by Crippen LogP contribution is -2.16. The molecule has 0 aliphatic carbocycles. The largest absolute Gasteiger partial charge is 0.493 e. The molecule has 0 aromatic heterocycles. The van der Waals surface area contributed by atoms with Crippen LogP contribution in [0.5, 0.6) is 11.5 Å². The van der Waals surface area contributed by atoms with Crippen molar-refractivity contribution in [1.29, 1.82) is 0 Å². The van der Waals surface area contributed by atoms with Crippen LogP contribution < -0.4 is 14.8 Å². The third-order valence-corrected chi connectivity index (χ3v) is 2.89. The van der Waals surface area contributed by atoms with Gasteiger partial charge in [-0.25, -0.2) is 0 Å². The number of ether oxygens (including phenoxy) is 2. The summed E-state index contributed by atoms with van der Waals surface area (Å²) in [6.45, 7) is 4.21. The summed E-state index contributed by atoms with van der Waals surface area (Å²) in [5, 5.41) is 12.0. The summed E-state index contributed by atoms with van der Waals surface area (Å²) in [6, 6.07) is 3.90. The maximum absolute atomic E-state index is 8.74. The van der Waals surface area contributed by atoms with Gasteiger partial charge in [0.25, 0.3) is 0 Å². The Hall–Kier alpha value is -0.780. The summed E-state index contributed by atoms with van der Waals surface area (Å²) < 4.78 is 11.9. The molecule has 18 heavy (non-hydrogen) atoms. The first kappa shape index (κ1) is 15.3. The number of benzene rings is 1. The van der Waals surface area contributed by atoms with Crippen LogP contribution in [-0.4, -0.2) is 32.0 Å². The number of aliphatic hydroxyl groups is 1. The minimum atomic E-state index is 0.202. The molecule has 0 aliphatic heterocycles. The van der Waals surface area contributed by atoms with Crippen LogP contribution in [0.15, 0.2) is 16.6 Å². The molecule has 102 valence electrons. The van der Waals surface area contributed by atoms with Crippen molar-refractivity contribution in [2.75, 3.05) is 26.9 Å². The lowest BCUT2D eigenvalue weighted by atomic mass is 10.2. The average Bonchev–Trinajstić information content (AvgIpc) is 2.37. The van der Waals surface area contributed by atoms with Crippen LogP contribution in [0.2, 0.25) is 0 Å². The van der Waals surface area contributed by atoms with Gasteiger partial charge in [-0.1, -0.05) is 15.9 Å². The summed E-state index contributed by atoms with van der Waals surface area (Å²) in [6.07, 6.45) is 0.745. The van der Waals surface area contributed by atoms with Crippen LogP contribution in [0.3, 0.4) is 0 Å². The maximum Gasteiger partial charge on any atom is 0.165 e. The Morgan fingerprint density at radius 1 is 1.39 bits per heavy atom. The Labute approximate surface area is 116 Å². The van der Waals surface area contributed by atoms with E-state index in [4.69, 9.17) is 14.6 Å². The second kappa shape index (κ2) is 8.34. The van der Waals surface area contributed by atoms with Crippen molar-refractivity contribution in [3.63, 3.8) is 0 Å². The molecule has 0 unspecified atom stereocenters. The van der Waals surface area contributed by atoms with Crippen molar-refractivity contribution < 1.29 is 14.6 Å². The Kier molecular flexibility index (Phi) is 7.08. The molecular weight excluding hydrogens is 298 g/mol. The molecule has 0 amide bonds. The van der Waals surface area contributed by atoms with Gasteiger partial charge in [0.15, 0.2) is 11.5 Å². The Morgan fingerprint density at radius 3 is 2.78 bits per heavy atom. The highest BCUT2D eigenvalue weighted by molar-refractivity contribution is 9.10. The van der Waals surface area contributed by atoms with Crippen molar-refractivity contribution in [2.45, 2.75) is 19.9 Å². The van der Waals surface area contributed by atoms with Crippen LogP contribution in [0, 0.1) is 0 Å². The molecule has 4 nitrogen and oxygen atoms in total. The fourth-order valence-electron chi connectivity index (χ4n) is 1.64. The normalized spacial score (nSPS) is 10.4. The summed E-state index contributed by atoms with van der Waals surface area (Å²) in [5.74, 6) is 1.50. The number of hydrogen-bond donors (Lipinski definition) is 2. The zero-order valence-corrected chi connectivity index (χ0v) is 12.4. The van der Waals surface area contributed by atoms with Gasteiger partial charge in [0.2, 0.25) is 0 Å². The first-order chi connectivity index (χ1) is 8.72. The van der Waals surface area contributed by atoms with E-state index in [9.17, 15) is 0 Å². The van der Waals surface area contributed by atoms with Gasteiger partial charge in [-0.2, -0.15) is 0 Å². The van der Waals surface area contributed by atoms with Crippen LogP contribution in [0.25, 0.3) is 0 Å². The molecule has 1 aromatic rings. The lowest BCUT2D eigenvalue weighted by molar-refractivity contribution is 0.285. The fourth-order valence-corrected chi connectivity index (χ4v) is 2.13. The van der Waals surface area contributed by atoms with E-state index in [1.165, 1.54) is 0 Å². The molecular formula is C13H20BrNO3. The molecule has 1 aromatic carbocycles. The third-order valence-electron chi connectivity index (χ3n) is 2.43. The van der Waals surface area contributed by atoms with Crippen LogP contribution in [0.1, 0.15) is 18.9 Å². The van der Waals surface area contributed by atoms with Gasteiger partial charge in [-0.3, -0.25) is 0 Å². The zero-order chi connectivity index (χ0) is 13.4. The van der Waals surface area contributed by atoms with E-state index in [1.54, 1.807) is 7.11 Å². The summed E-state index contributed by atoms with van der Waals surface area (Å²) in [5.41, 5.74) is 1.04. The molecule has 0 fully saturated rings. The molecule has 1 rings (SSSR count). The number of halogens is 1. The van der Waals surface area contributed by atoms with E-state index in [0.717, 1.165) is 34.5 Å². The van der Waals surface area contributed by atoms with Crippen molar-refractivity contribution in [3.05, 3.63) is 22.2 Å². The molecule has 0 bridgehead atoms.